The van der Waals surface area contributed by atoms with E-state index in [4.69, 9.17) is 9.26 Å². The SMILES string of the molecule is Cl.Fc1ccc2c(CCCN3CCC[C@@]4(C[C@@H]5CC=CC=C5O4)C3)noc2c1. The third-order valence-corrected chi connectivity index (χ3v) is 6.19. The van der Waals surface area contributed by atoms with Gasteiger partial charge in [-0.1, -0.05) is 17.3 Å². The first-order valence-electron chi connectivity index (χ1n) is 10.0. The Morgan fingerprint density at radius 3 is 3.14 bits per heavy atom. The standard InChI is InChI=1S/C22H25FN2O2.ClH/c23-17-8-9-18-19(24-27-21(18)13-17)6-3-11-25-12-4-10-22(15-25)14-16-5-1-2-7-20(16)26-22;/h1-2,7-9,13,16H,3-6,10-12,14-15H2;1H/t16-,22+;/m0./s1. The molecule has 1 spiro atoms. The number of hydrogen-bond acceptors (Lipinski definition) is 4. The van der Waals surface area contributed by atoms with Crippen molar-refractivity contribution in [1.29, 1.82) is 0 Å². The van der Waals surface area contributed by atoms with Gasteiger partial charge in [0.2, 0.25) is 0 Å². The van der Waals surface area contributed by atoms with Crippen LogP contribution in [0.3, 0.4) is 0 Å². The van der Waals surface area contributed by atoms with Crippen LogP contribution in [0.2, 0.25) is 0 Å². The van der Waals surface area contributed by atoms with Gasteiger partial charge in [0.1, 0.15) is 17.2 Å². The minimum Gasteiger partial charge on any atom is -0.490 e. The number of likely N-dealkylation sites (tertiary alicyclic amines) is 1. The van der Waals surface area contributed by atoms with Crippen molar-refractivity contribution < 1.29 is 13.7 Å². The molecule has 1 aromatic carbocycles. The van der Waals surface area contributed by atoms with Crippen LogP contribution < -0.4 is 0 Å². The molecule has 2 saturated heterocycles. The van der Waals surface area contributed by atoms with Crippen molar-refractivity contribution in [3.8, 4) is 0 Å². The third-order valence-electron chi connectivity index (χ3n) is 6.19. The van der Waals surface area contributed by atoms with E-state index in [0.29, 0.717) is 11.5 Å². The van der Waals surface area contributed by atoms with Crippen LogP contribution in [0.1, 0.15) is 37.8 Å². The summed E-state index contributed by atoms with van der Waals surface area (Å²) in [7, 11) is 0. The van der Waals surface area contributed by atoms with E-state index in [1.54, 1.807) is 6.07 Å². The minimum absolute atomic E-state index is 0. The zero-order valence-corrected chi connectivity index (χ0v) is 16.7. The lowest BCUT2D eigenvalue weighted by Gasteiger charge is -2.39. The van der Waals surface area contributed by atoms with Crippen LogP contribution in [0.25, 0.3) is 11.0 Å². The summed E-state index contributed by atoms with van der Waals surface area (Å²) in [6, 6.07) is 4.64. The molecule has 0 saturated carbocycles. The van der Waals surface area contributed by atoms with E-state index in [1.807, 2.05) is 0 Å². The van der Waals surface area contributed by atoms with Crippen LogP contribution in [-0.4, -0.2) is 35.3 Å². The molecule has 2 fully saturated rings. The number of halogens is 2. The first kappa shape index (κ1) is 19.5. The van der Waals surface area contributed by atoms with Gasteiger partial charge in [-0.05, 0) is 69.8 Å². The first-order valence-corrected chi connectivity index (χ1v) is 10.0. The summed E-state index contributed by atoms with van der Waals surface area (Å²) in [5.74, 6) is 1.49. The molecule has 4 nitrogen and oxygen atoms in total. The van der Waals surface area contributed by atoms with E-state index in [1.165, 1.54) is 24.3 Å². The second kappa shape index (κ2) is 7.88. The van der Waals surface area contributed by atoms with E-state index in [-0.39, 0.29) is 23.8 Å². The number of hydrogen-bond donors (Lipinski definition) is 0. The fraction of sp³-hybridized carbons (Fsp3) is 0.500. The number of benzene rings is 1. The Kier molecular flexibility index (Phi) is 5.48. The van der Waals surface area contributed by atoms with Crippen LogP contribution >= 0.6 is 12.4 Å². The molecule has 2 aliphatic heterocycles. The molecule has 5 rings (SSSR count). The number of fused-ring (bicyclic) bond motifs is 2. The van der Waals surface area contributed by atoms with E-state index >= 15 is 0 Å². The van der Waals surface area contributed by atoms with Crippen LogP contribution in [0.15, 0.2) is 46.7 Å². The van der Waals surface area contributed by atoms with E-state index < -0.39 is 0 Å². The molecule has 1 aliphatic carbocycles. The van der Waals surface area contributed by atoms with Gasteiger partial charge in [-0.2, -0.15) is 0 Å². The second-order valence-corrected chi connectivity index (χ2v) is 8.17. The molecule has 3 aliphatic rings. The predicted octanol–water partition coefficient (Wildman–Crippen LogP) is 5.04. The van der Waals surface area contributed by atoms with Crippen LogP contribution in [0.5, 0.6) is 0 Å². The van der Waals surface area contributed by atoms with Gasteiger partial charge in [0.15, 0.2) is 5.58 Å². The summed E-state index contributed by atoms with van der Waals surface area (Å²) in [5, 5.41) is 5.06. The molecule has 0 radical (unpaired) electrons. The van der Waals surface area contributed by atoms with Gasteiger partial charge >= 0.3 is 0 Å². The van der Waals surface area contributed by atoms with Crippen molar-refractivity contribution in [2.45, 2.75) is 44.1 Å². The Hall–Kier alpha value is -1.85. The number of rotatable bonds is 4. The molecule has 0 unspecified atom stereocenters. The third kappa shape index (κ3) is 3.70. The van der Waals surface area contributed by atoms with Gasteiger partial charge in [-0.3, -0.25) is 4.90 Å². The van der Waals surface area contributed by atoms with Crippen LogP contribution in [-0.2, 0) is 11.2 Å². The lowest BCUT2D eigenvalue weighted by molar-refractivity contribution is -0.0277. The highest BCUT2D eigenvalue weighted by molar-refractivity contribution is 5.85. The fourth-order valence-electron chi connectivity index (χ4n) is 4.95. The molecule has 150 valence electrons. The highest BCUT2D eigenvalue weighted by Gasteiger charge is 2.46. The molecule has 2 aromatic rings. The monoisotopic (exact) mass is 404 g/mol. The number of ether oxygens (including phenoxy) is 1. The van der Waals surface area contributed by atoms with Crippen molar-refractivity contribution in [3.63, 3.8) is 0 Å². The highest BCUT2D eigenvalue weighted by atomic mass is 35.5. The summed E-state index contributed by atoms with van der Waals surface area (Å²) in [4.78, 5) is 2.54. The van der Waals surface area contributed by atoms with Gasteiger partial charge in [0.25, 0.3) is 0 Å². The fourth-order valence-corrected chi connectivity index (χ4v) is 4.95. The smallest absolute Gasteiger partial charge is 0.170 e. The maximum atomic E-state index is 13.3. The quantitative estimate of drug-likeness (QED) is 0.715. The Balaban J connectivity index is 0.00000192. The Morgan fingerprint density at radius 1 is 1.32 bits per heavy atom. The second-order valence-electron chi connectivity index (χ2n) is 8.17. The summed E-state index contributed by atoms with van der Waals surface area (Å²) < 4.78 is 25.0. The molecule has 0 bridgehead atoms. The minimum atomic E-state index is -0.286. The van der Waals surface area contributed by atoms with Gasteiger partial charge in [0, 0.05) is 23.9 Å². The molecule has 2 atom stereocenters. The average Bonchev–Trinajstić information content (AvgIpc) is 3.22. The number of allylic oxidation sites excluding steroid dienone is 4. The number of aromatic nitrogens is 1. The summed E-state index contributed by atoms with van der Waals surface area (Å²) in [5.41, 5.74) is 1.47. The van der Waals surface area contributed by atoms with E-state index in [0.717, 1.165) is 62.8 Å². The van der Waals surface area contributed by atoms with E-state index in [9.17, 15) is 4.39 Å². The van der Waals surface area contributed by atoms with Crippen molar-refractivity contribution in [1.82, 2.24) is 10.1 Å². The van der Waals surface area contributed by atoms with E-state index in [2.05, 4.69) is 28.3 Å². The molecular formula is C22H26ClFN2O2. The number of nitrogens with zero attached hydrogens (tertiary/aromatic N) is 2. The topological polar surface area (TPSA) is 38.5 Å². The Bertz CT molecular complexity index is 909. The first-order chi connectivity index (χ1) is 13.2. The molecule has 6 heteroatoms. The van der Waals surface area contributed by atoms with Gasteiger partial charge in [-0.15, -0.1) is 12.4 Å². The zero-order valence-electron chi connectivity index (χ0n) is 15.9. The summed E-state index contributed by atoms with van der Waals surface area (Å²) >= 11 is 0. The molecule has 0 amide bonds. The molecule has 0 N–H and O–H groups in total. The molecular weight excluding hydrogens is 379 g/mol. The predicted molar refractivity (Wildman–Crippen MR) is 109 cm³/mol. The highest BCUT2D eigenvalue weighted by Crippen LogP contribution is 2.45. The molecule has 1 aromatic heterocycles. The van der Waals surface area contributed by atoms with Gasteiger partial charge in [-0.25, -0.2) is 4.39 Å². The van der Waals surface area contributed by atoms with Gasteiger partial charge < -0.3 is 9.26 Å². The summed E-state index contributed by atoms with van der Waals surface area (Å²) in [6.07, 6.45) is 13.0. The lowest BCUT2D eigenvalue weighted by Crippen LogP contribution is -2.48. The largest absolute Gasteiger partial charge is 0.490 e. The molecule has 3 heterocycles. The zero-order chi connectivity index (χ0) is 18.3. The molecule has 28 heavy (non-hydrogen) atoms. The maximum Gasteiger partial charge on any atom is 0.170 e. The van der Waals surface area contributed by atoms with Crippen molar-refractivity contribution in [2.75, 3.05) is 19.6 Å². The number of piperidine rings is 1. The number of aryl methyl sites for hydroxylation is 1. The van der Waals surface area contributed by atoms with Gasteiger partial charge in [0.05, 0.1) is 5.69 Å². The Labute approximate surface area is 170 Å². The average molecular weight is 405 g/mol. The van der Waals surface area contributed by atoms with Crippen molar-refractivity contribution in [2.24, 2.45) is 5.92 Å². The van der Waals surface area contributed by atoms with Crippen LogP contribution in [0.4, 0.5) is 4.39 Å². The van der Waals surface area contributed by atoms with Crippen molar-refractivity contribution >= 4 is 23.4 Å². The normalized spacial score (nSPS) is 26.8. The lowest BCUT2D eigenvalue weighted by atomic mass is 9.84. The Morgan fingerprint density at radius 2 is 2.25 bits per heavy atom. The van der Waals surface area contributed by atoms with Crippen LogP contribution in [0, 0.1) is 11.7 Å². The maximum absolute atomic E-state index is 13.3. The summed E-state index contributed by atoms with van der Waals surface area (Å²) in [6.45, 7) is 3.19. The van der Waals surface area contributed by atoms with Crippen molar-refractivity contribution in [3.05, 3.63) is 53.7 Å².